The number of hydrogen-bond donors (Lipinski definition) is 3. The first-order valence-electron chi connectivity index (χ1n) is 10.9. The number of hydrogen-bond acceptors (Lipinski definition) is 7. The van der Waals surface area contributed by atoms with Crippen molar-refractivity contribution in [2.24, 2.45) is 0 Å². The number of esters is 1. The van der Waals surface area contributed by atoms with Crippen molar-refractivity contribution in [3.63, 3.8) is 0 Å². The Hall–Kier alpha value is -2.66. The van der Waals surface area contributed by atoms with Crippen molar-refractivity contribution in [3.05, 3.63) is 30.0 Å². The molecule has 3 N–H and O–H groups in total. The molecule has 0 saturated heterocycles. The summed E-state index contributed by atoms with van der Waals surface area (Å²) >= 11 is 5.26. The lowest BCUT2D eigenvalue weighted by molar-refractivity contribution is -0.143. The van der Waals surface area contributed by atoms with Crippen LogP contribution < -0.4 is 15.4 Å². The van der Waals surface area contributed by atoms with E-state index < -0.39 is 34.5 Å². The smallest absolute Gasteiger partial charge is 0.408 e. The van der Waals surface area contributed by atoms with Gasteiger partial charge in [0.2, 0.25) is 0 Å². The maximum absolute atomic E-state index is 12.3. The van der Waals surface area contributed by atoms with E-state index in [1.54, 1.807) is 39.3 Å². The standard InChI is InChI=1S/C23H33N3O6S2/c1-23(2,3)32-21(28)26-19(20(27)30-4)12-15-14-25-18-9-8-16(13-17(15)18)31-22(33)24-10-6-7-11-34(5)29/h8-9,13-14,19,25H,6-7,10-12H2,1-5H3,(H,24,33)(H,26,28)/t19-,34?/m0/s1. The summed E-state index contributed by atoms with van der Waals surface area (Å²) in [5.74, 6) is 0.623. The highest BCUT2D eigenvalue weighted by Crippen LogP contribution is 2.25. The van der Waals surface area contributed by atoms with Crippen LogP contribution in [0.1, 0.15) is 39.2 Å². The number of H-pyrrole nitrogens is 1. The van der Waals surface area contributed by atoms with Gasteiger partial charge in [0.15, 0.2) is 0 Å². The summed E-state index contributed by atoms with van der Waals surface area (Å²) in [6, 6.07) is 4.52. The normalized spacial score (nSPS) is 13.1. The van der Waals surface area contributed by atoms with E-state index in [-0.39, 0.29) is 11.6 Å². The van der Waals surface area contributed by atoms with E-state index in [9.17, 15) is 13.8 Å². The van der Waals surface area contributed by atoms with Gasteiger partial charge in [-0.2, -0.15) is 0 Å². The Labute approximate surface area is 207 Å². The van der Waals surface area contributed by atoms with Crippen molar-refractivity contribution in [1.82, 2.24) is 15.6 Å². The quantitative estimate of drug-likeness (QED) is 0.253. The molecular weight excluding hydrogens is 478 g/mol. The van der Waals surface area contributed by atoms with Crippen molar-refractivity contribution in [3.8, 4) is 5.75 Å². The molecule has 2 atom stereocenters. The summed E-state index contributed by atoms with van der Waals surface area (Å²) < 4.78 is 27.0. The number of carbonyl (C=O) groups excluding carboxylic acids is 2. The number of unbranched alkanes of at least 4 members (excludes halogenated alkanes) is 1. The van der Waals surface area contributed by atoms with E-state index in [4.69, 9.17) is 26.4 Å². The van der Waals surface area contributed by atoms with Gasteiger partial charge in [0.25, 0.3) is 5.17 Å². The first kappa shape index (κ1) is 27.6. The molecule has 2 rings (SSSR count). The van der Waals surface area contributed by atoms with Crippen LogP contribution in [0.25, 0.3) is 10.9 Å². The molecule has 1 aromatic carbocycles. The third-order valence-electron chi connectivity index (χ3n) is 4.68. The number of carbonyl (C=O) groups is 2. The predicted molar refractivity (Wildman–Crippen MR) is 137 cm³/mol. The molecule has 0 fully saturated rings. The lowest BCUT2D eigenvalue weighted by Crippen LogP contribution is -2.45. The van der Waals surface area contributed by atoms with E-state index in [1.165, 1.54) is 7.11 Å². The Kier molecular flexibility index (Phi) is 10.3. The minimum absolute atomic E-state index is 0.191. The molecule has 0 aliphatic carbocycles. The molecule has 34 heavy (non-hydrogen) atoms. The first-order chi connectivity index (χ1) is 16.0. The van der Waals surface area contributed by atoms with Gasteiger partial charge in [-0.25, -0.2) is 9.59 Å². The number of thiocarbonyl (C=S) groups is 1. The highest BCUT2D eigenvalue weighted by Gasteiger charge is 2.26. The second-order valence-electron chi connectivity index (χ2n) is 8.75. The van der Waals surface area contributed by atoms with Crippen LogP contribution in [0, 0.1) is 0 Å². The number of methoxy groups -OCH3 is 1. The Morgan fingerprint density at radius 3 is 2.62 bits per heavy atom. The molecule has 0 saturated carbocycles. The van der Waals surface area contributed by atoms with E-state index >= 15 is 0 Å². The average molecular weight is 512 g/mol. The van der Waals surface area contributed by atoms with Crippen molar-refractivity contribution >= 4 is 51.2 Å². The molecule has 1 aromatic heterocycles. The van der Waals surface area contributed by atoms with Crippen LogP contribution in [0.4, 0.5) is 4.79 Å². The molecule has 1 heterocycles. The van der Waals surface area contributed by atoms with Gasteiger partial charge >= 0.3 is 12.1 Å². The van der Waals surface area contributed by atoms with Crippen LogP contribution >= 0.6 is 12.2 Å². The fourth-order valence-electron chi connectivity index (χ4n) is 3.16. The number of benzene rings is 1. The number of alkyl carbamates (subject to hydrolysis) is 1. The van der Waals surface area contributed by atoms with E-state index in [0.717, 1.165) is 29.3 Å². The number of aromatic amines is 1. The summed E-state index contributed by atoms with van der Waals surface area (Å²) in [4.78, 5) is 27.7. The summed E-state index contributed by atoms with van der Waals surface area (Å²) in [6.07, 6.45) is 4.63. The molecule has 9 nitrogen and oxygen atoms in total. The van der Waals surface area contributed by atoms with Gasteiger partial charge in [-0.15, -0.1) is 0 Å². The van der Waals surface area contributed by atoms with E-state index in [1.807, 2.05) is 12.1 Å². The molecule has 0 aliphatic rings. The summed E-state index contributed by atoms with van der Waals surface area (Å²) in [5.41, 5.74) is 0.937. The molecular formula is C23H33N3O6S2. The minimum atomic E-state index is -0.927. The zero-order valence-electron chi connectivity index (χ0n) is 20.2. The Morgan fingerprint density at radius 2 is 1.97 bits per heavy atom. The predicted octanol–water partition coefficient (Wildman–Crippen LogP) is 3.19. The van der Waals surface area contributed by atoms with Crippen molar-refractivity contribution in [2.75, 3.05) is 25.7 Å². The van der Waals surface area contributed by atoms with Gasteiger partial charge in [0, 0.05) is 52.9 Å². The fourth-order valence-corrected chi connectivity index (χ4v) is 3.97. The number of ether oxygens (including phenoxy) is 3. The lowest BCUT2D eigenvalue weighted by Gasteiger charge is -2.22. The average Bonchev–Trinajstić information content (AvgIpc) is 3.13. The maximum Gasteiger partial charge on any atom is 0.408 e. The zero-order chi connectivity index (χ0) is 25.3. The van der Waals surface area contributed by atoms with Gasteiger partial charge in [0.1, 0.15) is 17.4 Å². The maximum atomic E-state index is 12.3. The monoisotopic (exact) mass is 511 g/mol. The number of rotatable bonds is 10. The molecule has 1 amide bonds. The summed E-state index contributed by atoms with van der Waals surface area (Å²) in [7, 11) is 0.473. The van der Waals surface area contributed by atoms with Crippen LogP contribution in [-0.4, -0.2) is 63.7 Å². The van der Waals surface area contributed by atoms with Gasteiger partial charge < -0.3 is 29.8 Å². The van der Waals surface area contributed by atoms with E-state index in [0.29, 0.717) is 18.0 Å². The topological polar surface area (TPSA) is 119 Å². The van der Waals surface area contributed by atoms with Crippen LogP contribution in [0.2, 0.25) is 0 Å². The van der Waals surface area contributed by atoms with Crippen LogP contribution in [0.15, 0.2) is 24.4 Å². The molecule has 1 unspecified atom stereocenters. The lowest BCUT2D eigenvalue weighted by atomic mass is 10.0. The minimum Gasteiger partial charge on any atom is -0.467 e. The van der Waals surface area contributed by atoms with Crippen molar-refractivity contribution in [1.29, 1.82) is 0 Å². The zero-order valence-corrected chi connectivity index (χ0v) is 21.8. The molecule has 0 radical (unpaired) electrons. The van der Waals surface area contributed by atoms with Crippen molar-refractivity contribution < 1.29 is 28.0 Å². The fraction of sp³-hybridized carbons (Fsp3) is 0.522. The van der Waals surface area contributed by atoms with Crippen LogP contribution in [0.5, 0.6) is 5.75 Å². The third-order valence-corrected chi connectivity index (χ3v) is 5.77. The summed E-state index contributed by atoms with van der Waals surface area (Å²) in [5, 5.41) is 6.69. The molecule has 0 aliphatic heterocycles. The van der Waals surface area contributed by atoms with Gasteiger partial charge in [-0.3, -0.25) is 4.21 Å². The number of aromatic nitrogens is 1. The second-order valence-corrected chi connectivity index (χ2v) is 10.7. The molecule has 188 valence electrons. The van der Waals surface area contributed by atoms with Crippen LogP contribution in [-0.2, 0) is 31.5 Å². The Bertz CT molecular complexity index is 1030. The highest BCUT2D eigenvalue weighted by atomic mass is 32.2. The van der Waals surface area contributed by atoms with E-state index in [2.05, 4.69) is 15.6 Å². The molecule has 0 bridgehead atoms. The second kappa shape index (κ2) is 12.7. The highest BCUT2D eigenvalue weighted by molar-refractivity contribution is 7.84. The third kappa shape index (κ3) is 9.30. The SMILES string of the molecule is COC(=O)[C@H](Cc1c[nH]c2ccc(OC(=S)NCCCCS(C)=O)cc12)NC(=O)OC(C)(C)C. The Balaban J connectivity index is 2.06. The van der Waals surface area contributed by atoms with Gasteiger partial charge in [-0.05, 0) is 69.6 Å². The van der Waals surface area contributed by atoms with Crippen molar-refractivity contribution in [2.45, 2.75) is 51.7 Å². The Morgan fingerprint density at radius 1 is 1.24 bits per heavy atom. The number of nitrogens with one attached hydrogen (secondary N) is 3. The summed E-state index contributed by atoms with van der Waals surface area (Å²) in [6.45, 7) is 5.86. The number of fused-ring (bicyclic) bond motifs is 1. The first-order valence-corrected chi connectivity index (χ1v) is 13.0. The number of amides is 1. The van der Waals surface area contributed by atoms with Gasteiger partial charge in [-0.1, -0.05) is 0 Å². The van der Waals surface area contributed by atoms with Crippen LogP contribution in [0.3, 0.4) is 0 Å². The molecule has 2 aromatic rings. The molecule has 0 spiro atoms. The molecule has 11 heteroatoms. The van der Waals surface area contributed by atoms with Gasteiger partial charge in [0.05, 0.1) is 7.11 Å². The largest absolute Gasteiger partial charge is 0.467 e.